The molecule has 1 rings (SSSR count). The van der Waals surface area contributed by atoms with Gasteiger partial charge in [-0.3, -0.25) is 14.9 Å². The van der Waals surface area contributed by atoms with Crippen LogP contribution in [0, 0.1) is 21.4 Å². The van der Waals surface area contributed by atoms with Crippen molar-refractivity contribution >= 4 is 33.1 Å². The fraction of sp³-hybridized carbons (Fsp3) is 0.111. The van der Waals surface area contributed by atoms with E-state index in [1.54, 1.807) is 6.07 Å². The summed E-state index contributed by atoms with van der Waals surface area (Å²) in [6.07, 6.45) is 0. The van der Waals surface area contributed by atoms with Crippen molar-refractivity contribution in [2.75, 3.05) is 11.1 Å². The van der Waals surface area contributed by atoms with Gasteiger partial charge in [0.05, 0.1) is 27.1 Å². The highest BCUT2D eigenvalue weighted by molar-refractivity contribution is 9.09. The van der Waals surface area contributed by atoms with E-state index in [4.69, 9.17) is 11.0 Å². The number of nitro benzene ring substituents is 1. The Labute approximate surface area is 98.9 Å². The maximum absolute atomic E-state index is 11.4. The maximum atomic E-state index is 11.4. The highest BCUT2D eigenvalue weighted by atomic mass is 79.9. The zero-order chi connectivity index (χ0) is 12.3. The Hall–Kier alpha value is -1.94. The molecule has 0 radical (unpaired) electrons. The van der Waals surface area contributed by atoms with E-state index in [1.807, 2.05) is 0 Å². The third-order valence-electron chi connectivity index (χ3n) is 1.91. The second-order valence-electron chi connectivity index (χ2n) is 2.88. The molecule has 0 bridgehead atoms. The summed E-state index contributed by atoms with van der Waals surface area (Å²) in [5.41, 5.74) is 5.01. The monoisotopic (exact) mass is 283 g/mol. The van der Waals surface area contributed by atoms with Gasteiger partial charge in [-0.15, -0.1) is 0 Å². The molecule has 0 spiro atoms. The molecule has 0 aromatic heterocycles. The lowest BCUT2D eigenvalue weighted by atomic mass is 10.0. The Bertz CT molecular complexity index is 507. The Morgan fingerprint density at radius 2 is 2.25 bits per heavy atom. The number of carbonyl (C=O) groups is 1. The summed E-state index contributed by atoms with van der Waals surface area (Å²) in [4.78, 5) is 21.4. The van der Waals surface area contributed by atoms with E-state index in [9.17, 15) is 14.9 Å². The van der Waals surface area contributed by atoms with Crippen molar-refractivity contribution in [1.82, 2.24) is 0 Å². The zero-order valence-electron chi connectivity index (χ0n) is 7.94. The summed E-state index contributed by atoms with van der Waals surface area (Å²) >= 11 is 2.92. The summed E-state index contributed by atoms with van der Waals surface area (Å²) in [5.74, 6) is -0.456. The van der Waals surface area contributed by atoms with Gasteiger partial charge in [-0.05, 0) is 6.07 Å². The van der Waals surface area contributed by atoms with Crippen molar-refractivity contribution in [1.29, 1.82) is 5.26 Å². The molecule has 0 heterocycles. The van der Waals surface area contributed by atoms with E-state index in [0.29, 0.717) is 0 Å². The molecule has 16 heavy (non-hydrogen) atoms. The molecule has 0 saturated carbocycles. The second-order valence-corrected chi connectivity index (χ2v) is 3.44. The first-order valence-electron chi connectivity index (χ1n) is 4.08. The fourth-order valence-electron chi connectivity index (χ4n) is 1.15. The predicted octanol–water partition coefficient (Wildman–Crippen LogP) is 1.63. The molecule has 82 valence electrons. The normalized spacial score (nSPS) is 9.50. The minimum atomic E-state index is -0.712. The lowest BCUT2D eigenvalue weighted by molar-refractivity contribution is -0.385. The van der Waals surface area contributed by atoms with Crippen LogP contribution < -0.4 is 5.73 Å². The van der Waals surface area contributed by atoms with Gasteiger partial charge in [-0.1, -0.05) is 15.9 Å². The number of alkyl halides is 1. The molecule has 0 amide bonds. The molecule has 0 saturated heterocycles. The topological polar surface area (TPSA) is 110 Å². The van der Waals surface area contributed by atoms with Crippen LogP contribution in [0.1, 0.15) is 15.9 Å². The van der Waals surface area contributed by atoms with E-state index < -0.39 is 16.4 Å². The van der Waals surface area contributed by atoms with Crippen LogP contribution in [0.2, 0.25) is 0 Å². The van der Waals surface area contributed by atoms with Gasteiger partial charge in [-0.25, -0.2) is 0 Å². The Morgan fingerprint density at radius 1 is 1.62 bits per heavy atom. The van der Waals surface area contributed by atoms with Crippen LogP contribution in [0.15, 0.2) is 12.1 Å². The molecule has 0 aliphatic carbocycles. The van der Waals surface area contributed by atoms with Crippen molar-refractivity contribution < 1.29 is 9.72 Å². The number of nitrogens with zero attached hydrogens (tertiary/aromatic N) is 2. The number of hydrogen-bond acceptors (Lipinski definition) is 5. The number of nitrogens with two attached hydrogens (primary N) is 1. The van der Waals surface area contributed by atoms with Crippen molar-refractivity contribution in [3.8, 4) is 6.07 Å². The summed E-state index contributed by atoms with van der Waals surface area (Å²) < 4.78 is 0. The van der Waals surface area contributed by atoms with E-state index in [2.05, 4.69) is 15.9 Å². The van der Waals surface area contributed by atoms with Crippen LogP contribution in [-0.4, -0.2) is 16.0 Å². The molecule has 1 aromatic carbocycles. The van der Waals surface area contributed by atoms with E-state index in [-0.39, 0.29) is 22.1 Å². The number of anilines is 1. The number of rotatable bonds is 3. The number of Topliss-reactive ketones (excluding diaryl/α,β-unsaturated/α-hetero) is 1. The predicted molar refractivity (Wildman–Crippen MR) is 60.3 cm³/mol. The van der Waals surface area contributed by atoms with Gasteiger partial charge in [0.2, 0.25) is 0 Å². The number of nitrogen functional groups attached to an aromatic ring is 1. The van der Waals surface area contributed by atoms with E-state index in [1.165, 1.54) is 0 Å². The lowest BCUT2D eigenvalue weighted by Gasteiger charge is -2.03. The third-order valence-corrected chi connectivity index (χ3v) is 2.42. The molecule has 7 heteroatoms. The molecular weight excluding hydrogens is 278 g/mol. The number of nitro groups is 1. The number of benzene rings is 1. The lowest BCUT2D eigenvalue weighted by Crippen LogP contribution is -2.07. The van der Waals surface area contributed by atoms with E-state index >= 15 is 0 Å². The van der Waals surface area contributed by atoms with Gasteiger partial charge in [-0.2, -0.15) is 5.26 Å². The standard InChI is InChI=1S/C9H6BrN3O3/c10-3-9(14)6-2-7(12)5(4-11)1-8(6)13(15)16/h1-2H,3,12H2. The van der Waals surface area contributed by atoms with Crippen molar-refractivity contribution in [3.63, 3.8) is 0 Å². The maximum Gasteiger partial charge on any atom is 0.281 e. The molecule has 1 aromatic rings. The van der Waals surface area contributed by atoms with E-state index in [0.717, 1.165) is 12.1 Å². The van der Waals surface area contributed by atoms with Crippen LogP contribution in [0.3, 0.4) is 0 Å². The Morgan fingerprint density at radius 3 is 2.69 bits per heavy atom. The van der Waals surface area contributed by atoms with Crippen molar-refractivity contribution in [2.24, 2.45) is 0 Å². The minimum Gasteiger partial charge on any atom is -0.398 e. The number of ketones is 1. The molecule has 0 unspecified atom stereocenters. The summed E-state index contributed by atoms with van der Waals surface area (Å²) in [6, 6.07) is 3.88. The van der Waals surface area contributed by atoms with Gasteiger partial charge < -0.3 is 5.73 Å². The first kappa shape index (κ1) is 12.1. The Balaban J connectivity index is 3.49. The summed E-state index contributed by atoms with van der Waals surface area (Å²) in [7, 11) is 0. The van der Waals surface area contributed by atoms with Crippen LogP contribution in [0.4, 0.5) is 11.4 Å². The number of halogens is 1. The van der Waals surface area contributed by atoms with Gasteiger partial charge in [0, 0.05) is 6.07 Å². The van der Waals surface area contributed by atoms with Crippen molar-refractivity contribution in [3.05, 3.63) is 33.4 Å². The molecule has 0 fully saturated rings. The van der Waals surface area contributed by atoms with Crippen LogP contribution in [0.25, 0.3) is 0 Å². The SMILES string of the molecule is N#Cc1cc([N+](=O)[O-])c(C(=O)CBr)cc1N. The summed E-state index contributed by atoms with van der Waals surface area (Å²) in [6.45, 7) is 0. The first-order chi connectivity index (χ1) is 7.51. The largest absolute Gasteiger partial charge is 0.398 e. The molecule has 6 nitrogen and oxygen atoms in total. The van der Waals surface area contributed by atoms with Crippen LogP contribution in [-0.2, 0) is 0 Å². The van der Waals surface area contributed by atoms with Gasteiger partial charge >= 0.3 is 0 Å². The molecule has 0 aliphatic heterocycles. The first-order valence-corrected chi connectivity index (χ1v) is 5.20. The highest BCUT2D eigenvalue weighted by Crippen LogP contribution is 2.25. The molecular formula is C9H6BrN3O3. The number of nitriles is 1. The second kappa shape index (κ2) is 4.72. The quantitative estimate of drug-likeness (QED) is 0.298. The van der Waals surface area contributed by atoms with Gasteiger partial charge in [0.25, 0.3) is 5.69 Å². The zero-order valence-corrected chi connectivity index (χ0v) is 9.52. The average molecular weight is 284 g/mol. The number of carbonyl (C=O) groups excluding carboxylic acids is 1. The minimum absolute atomic E-state index is 0.0159. The smallest absolute Gasteiger partial charge is 0.281 e. The molecule has 2 N–H and O–H groups in total. The van der Waals surface area contributed by atoms with Crippen molar-refractivity contribution in [2.45, 2.75) is 0 Å². The highest BCUT2D eigenvalue weighted by Gasteiger charge is 2.21. The Kier molecular flexibility index (Phi) is 3.58. The third kappa shape index (κ3) is 2.17. The summed E-state index contributed by atoms with van der Waals surface area (Å²) in [5, 5.41) is 19.3. The van der Waals surface area contributed by atoms with Crippen LogP contribution in [0.5, 0.6) is 0 Å². The van der Waals surface area contributed by atoms with Crippen LogP contribution >= 0.6 is 15.9 Å². The van der Waals surface area contributed by atoms with Gasteiger partial charge in [0.15, 0.2) is 5.78 Å². The average Bonchev–Trinajstić information content (AvgIpc) is 2.27. The number of hydrogen-bond donors (Lipinski definition) is 1. The fourth-order valence-corrected chi connectivity index (χ4v) is 1.45. The molecule has 0 atom stereocenters. The molecule has 0 aliphatic rings. The van der Waals surface area contributed by atoms with Gasteiger partial charge in [0.1, 0.15) is 6.07 Å².